The molecule has 0 spiro atoms. The van der Waals surface area contributed by atoms with Gasteiger partial charge in [0.25, 0.3) is 0 Å². The van der Waals surface area contributed by atoms with E-state index in [9.17, 15) is 0 Å². The molecule has 1 aromatic carbocycles. The zero-order valence-electron chi connectivity index (χ0n) is 11.1. The highest BCUT2D eigenvalue weighted by Crippen LogP contribution is 2.23. The smallest absolute Gasteiger partial charge is 0.0798 e. The summed E-state index contributed by atoms with van der Waals surface area (Å²) in [5, 5.41) is 0. The van der Waals surface area contributed by atoms with Crippen molar-refractivity contribution < 1.29 is 0 Å². The van der Waals surface area contributed by atoms with Crippen LogP contribution in [0.15, 0.2) is 29.8 Å². The van der Waals surface area contributed by atoms with Crippen molar-refractivity contribution in [1.82, 2.24) is 9.88 Å². The van der Waals surface area contributed by atoms with Crippen LogP contribution in [-0.2, 0) is 6.54 Å². The van der Waals surface area contributed by atoms with E-state index in [0.717, 1.165) is 17.9 Å². The molecule has 0 saturated carbocycles. The van der Waals surface area contributed by atoms with Crippen molar-refractivity contribution in [2.75, 3.05) is 12.8 Å². The number of thiazole rings is 1. The summed E-state index contributed by atoms with van der Waals surface area (Å²) < 4.78 is 0. The SMILES string of the molecule is Cc1ncsc1CN(C)C(C)c1ccc(N)cc1. The standard InChI is InChI=1S/C14H19N3S/c1-10-14(18-9-16-10)8-17(3)11(2)12-4-6-13(15)7-5-12/h4-7,9,11H,8,15H2,1-3H3. The Labute approximate surface area is 112 Å². The molecular formula is C14H19N3S. The van der Waals surface area contributed by atoms with Crippen LogP contribution in [0.25, 0.3) is 0 Å². The third-order valence-electron chi connectivity index (χ3n) is 3.32. The molecule has 4 heteroatoms. The molecule has 0 aliphatic heterocycles. The maximum atomic E-state index is 5.71. The van der Waals surface area contributed by atoms with Crippen LogP contribution in [0.5, 0.6) is 0 Å². The maximum Gasteiger partial charge on any atom is 0.0798 e. The molecular weight excluding hydrogens is 242 g/mol. The van der Waals surface area contributed by atoms with Gasteiger partial charge in [0, 0.05) is 23.2 Å². The Morgan fingerprint density at radius 1 is 1.33 bits per heavy atom. The minimum Gasteiger partial charge on any atom is -0.399 e. The average Bonchev–Trinajstić information content (AvgIpc) is 2.75. The summed E-state index contributed by atoms with van der Waals surface area (Å²) >= 11 is 1.72. The summed E-state index contributed by atoms with van der Waals surface area (Å²) in [5.74, 6) is 0. The zero-order chi connectivity index (χ0) is 13.1. The first-order valence-corrected chi connectivity index (χ1v) is 6.90. The van der Waals surface area contributed by atoms with Gasteiger partial charge in [-0.2, -0.15) is 0 Å². The van der Waals surface area contributed by atoms with E-state index < -0.39 is 0 Å². The van der Waals surface area contributed by atoms with Crippen molar-refractivity contribution in [3.63, 3.8) is 0 Å². The number of aryl methyl sites for hydroxylation is 1. The topological polar surface area (TPSA) is 42.2 Å². The third kappa shape index (κ3) is 2.89. The van der Waals surface area contributed by atoms with E-state index >= 15 is 0 Å². The number of hydrogen-bond donors (Lipinski definition) is 1. The van der Waals surface area contributed by atoms with Crippen LogP contribution < -0.4 is 5.73 Å². The molecule has 1 atom stereocenters. The lowest BCUT2D eigenvalue weighted by atomic mass is 10.1. The molecule has 2 aromatic rings. The van der Waals surface area contributed by atoms with Gasteiger partial charge in [-0.3, -0.25) is 4.90 Å². The molecule has 2 rings (SSSR count). The van der Waals surface area contributed by atoms with E-state index in [1.165, 1.54) is 10.4 Å². The molecule has 0 aliphatic rings. The minimum absolute atomic E-state index is 0.368. The second-order valence-corrected chi connectivity index (χ2v) is 5.56. The first-order chi connectivity index (χ1) is 8.58. The van der Waals surface area contributed by atoms with Crippen molar-refractivity contribution in [3.8, 4) is 0 Å². The largest absolute Gasteiger partial charge is 0.399 e. The number of nitrogens with zero attached hydrogens (tertiary/aromatic N) is 2. The van der Waals surface area contributed by atoms with Crippen LogP contribution in [0.4, 0.5) is 5.69 Å². The quantitative estimate of drug-likeness (QED) is 0.859. The molecule has 0 fully saturated rings. The van der Waals surface area contributed by atoms with Gasteiger partial charge in [0.05, 0.1) is 11.2 Å². The van der Waals surface area contributed by atoms with Crippen LogP contribution in [0.2, 0.25) is 0 Å². The van der Waals surface area contributed by atoms with Crippen LogP contribution >= 0.6 is 11.3 Å². The Morgan fingerprint density at radius 3 is 2.56 bits per heavy atom. The molecule has 0 amide bonds. The number of nitrogen functional groups attached to an aromatic ring is 1. The summed E-state index contributed by atoms with van der Waals surface area (Å²) in [7, 11) is 2.14. The van der Waals surface area contributed by atoms with Gasteiger partial charge in [0.15, 0.2) is 0 Å². The fourth-order valence-corrected chi connectivity index (χ4v) is 2.71. The van der Waals surface area contributed by atoms with E-state index in [-0.39, 0.29) is 0 Å². The van der Waals surface area contributed by atoms with Crippen molar-refractivity contribution >= 4 is 17.0 Å². The fourth-order valence-electron chi connectivity index (χ4n) is 1.87. The zero-order valence-corrected chi connectivity index (χ0v) is 11.9. The number of rotatable bonds is 4. The number of nitrogens with two attached hydrogens (primary N) is 1. The molecule has 0 bridgehead atoms. The van der Waals surface area contributed by atoms with E-state index in [0.29, 0.717) is 6.04 Å². The molecule has 0 radical (unpaired) electrons. The van der Waals surface area contributed by atoms with E-state index in [2.05, 4.69) is 42.9 Å². The Hall–Kier alpha value is -1.39. The summed E-state index contributed by atoms with van der Waals surface area (Å²) in [4.78, 5) is 7.95. The van der Waals surface area contributed by atoms with Gasteiger partial charge in [0.1, 0.15) is 0 Å². The Morgan fingerprint density at radius 2 is 2.00 bits per heavy atom. The summed E-state index contributed by atoms with van der Waals surface area (Å²) in [6.45, 7) is 5.21. The Balaban J connectivity index is 2.07. The van der Waals surface area contributed by atoms with Gasteiger partial charge < -0.3 is 5.73 Å². The summed E-state index contributed by atoms with van der Waals surface area (Å²) in [6.07, 6.45) is 0. The summed E-state index contributed by atoms with van der Waals surface area (Å²) in [5.41, 5.74) is 10.9. The van der Waals surface area contributed by atoms with Crippen molar-refractivity contribution in [3.05, 3.63) is 45.9 Å². The highest BCUT2D eigenvalue weighted by atomic mass is 32.1. The molecule has 0 aliphatic carbocycles. The van der Waals surface area contributed by atoms with Crippen molar-refractivity contribution in [2.45, 2.75) is 26.4 Å². The molecule has 96 valence electrons. The number of aromatic nitrogens is 1. The normalized spacial score (nSPS) is 12.9. The second-order valence-electron chi connectivity index (χ2n) is 4.62. The summed E-state index contributed by atoms with van der Waals surface area (Å²) in [6, 6.07) is 8.47. The monoisotopic (exact) mass is 261 g/mol. The number of benzene rings is 1. The first kappa shape index (κ1) is 13.1. The van der Waals surface area contributed by atoms with Gasteiger partial charge in [0.2, 0.25) is 0 Å². The third-order valence-corrected chi connectivity index (χ3v) is 4.24. The highest BCUT2D eigenvalue weighted by molar-refractivity contribution is 7.09. The molecule has 1 aromatic heterocycles. The van der Waals surface area contributed by atoms with E-state index in [1.54, 1.807) is 11.3 Å². The lowest BCUT2D eigenvalue weighted by molar-refractivity contribution is 0.254. The van der Waals surface area contributed by atoms with Crippen molar-refractivity contribution in [1.29, 1.82) is 0 Å². The highest BCUT2D eigenvalue weighted by Gasteiger charge is 2.13. The van der Waals surface area contributed by atoms with Gasteiger partial charge in [-0.25, -0.2) is 4.98 Å². The molecule has 1 heterocycles. The number of anilines is 1. The van der Waals surface area contributed by atoms with Crippen LogP contribution in [0, 0.1) is 6.92 Å². The molecule has 3 nitrogen and oxygen atoms in total. The Bertz CT molecular complexity index is 504. The molecule has 18 heavy (non-hydrogen) atoms. The second kappa shape index (κ2) is 5.50. The number of hydrogen-bond acceptors (Lipinski definition) is 4. The first-order valence-electron chi connectivity index (χ1n) is 6.02. The van der Waals surface area contributed by atoms with E-state index in [4.69, 9.17) is 5.73 Å². The lowest BCUT2D eigenvalue weighted by Crippen LogP contribution is -2.21. The predicted octanol–water partition coefficient (Wildman–Crippen LogP) is 3.23. The molecule has 0 saturated heterocycles. The van der Waals surface area contributed by atoms with Crippen LogP contribution in [0.1, 0.15) is 29.1 Å². The predicted molar refractivity (Wildman–Crippen MR) is 77.6 cm³/mol. The molecule has 1 unspecified atom stereocenters. The molecule has 2 N–H and O–H groups in total. The average molecular weight is 261 g/mol. The van der Waals surface area contributed by atoms with Gasteiger partial charge >= 0.3 is 0 Å². The van der Waals surface area contributed by atoms with Crippen molar-refractivity contribution in [2.24, 2.45) is 0 Å². The Kier molecular flexibility index (Phi) is 3.99. The lowest BCUT2D eigenvalue weighted by Gasteiger charge is -2.24. The maximum absolute atomic E-state index is 5.71. The minimum atomic E-state index is 0.368. The van der Waals surface area contributed by atoms with Crippen LogP contribution in [-0.4, -0.2) is 16.9 Å². The fraction of sp³-hybridized carbons (Fsp3) is 0.357. The van der Waals surface area contributed by atoms with Gasteiger partial charge in [-0.15, -0.1) is 11.3 Å². The van der Waals surface area contributed by atoms with Gasteiger partial charge in [-0.05, 0) is 38.6 Å². The van der Waals surface area contributed by atoms with E-state index in [1.807, 2.05) is 17.6 Å². The van der Waals surface area contributed by atoms with Gasteiger partial charge in [-0.1, -0.05) is 12.1 Å². The van der Waals surface area contributed by atoms with Crippen LogP contribution in [0.3, 0.4) is 0 Å².